The number of hydrogen-bond donors (Lipinski definition) is 2. The first-order valence-electron chi connectivity index (χ1n) is 10.3. The summed E-state index contributed by atoms with van der Waals surface area (Å²) in [5, 5.41) is 7.65. The zero-order chi connectivity index (χ0) is 21.0. The Morgan fingerprint density at radius 3 is 2.61 bits per heavy atom. The first kappa shape index (κ1) is 19.6. The maximum atomic E-state index is 4.73. The Bertz CT molecular complexity index is 1150. The normalized spacial score (nSPS) is 13.9. The van der Waals surface area contributed by atoms with Crippen LogP contribution in [0, 0.1) is 6.92 Å². The van der Waals surface area contributed by atoms with Gasteiger partial charge in [0.2, 0.25) is 5.95 Å². The maximum Gasteiger partial charge on any atom is 0.227 e. The maximum absolute atomic E-state index is 4.73. The highest BCUT2D eigenvalue weighted by Gasteiger charge is 2.14. The van der Waals surface area contributed by atoms with Gasteiger partial charge in [-0.15, -0.1) is 11.3 Å². The Morgan fingerprint density at radius 1 is 1.00 bits per heavy atom. The van der Waals surface area contributed by atoms with E-state index in [1.54, 1.807) is 23.7 Å². The number of nitrogens with one attached hydrogen (secondary N) is 2. The quantitative estimate of drug-likeness (QED) is 0.494. The molecular weight excluding hydrogens is 406 g/mol. The number of rotatable bonds is 5. The Morgan fingerprint density at radius 2 is 1.84 bits per heavy atom. The second-order valence-corrected chi connectivity index (χ2v) is 8.35. The lowest BCUT2D eigenvalue weighted by atomic mass is 10.2. The van der Waals surface area contributed by atoms with Crippen molar-refractivity contribution in [3.63, 3.8) is 0 Å². The number of nitrogens with zero attached hydrogens (tertiary/aromatic N) is 5. The van der Waals surface area contributed by atoms with E-state index in [4.69, 9.17) is 9.97 Å². The number of pyridine rings is 1. The minimum absolute atomic E-state index is 0.572. The molecule has 3 aromatic heterocycles. The molecule has 31 heavy (non-hydrogen) atoms. The van der Waals surface area contributed by atoms with Gasteiger partial charge in [0.25, 0.3) is 0 Å². The van der Waals surface area contributed by atoms with Crippen molar-refractivity contribution in [1.29, 1.82) is 0 Å². The van der Waals surface area contributed by atoms with Gasteiger partial charge in [0, 0.05) is 61.7 Å². The van der Waals surface area contributed by atoms with Crippen molar-refractivity contribution in [2.45, 2.75) is 6.92 Å². The van der Waals surface area contributed by atoms with E-state index < -0.39 is 0 Å². The minimum atomic E-state index is 0.572. The van der Waals surface area contributed by atoms with Crippen LogP contribution < -0.4 is 15.5 Å². The van der Waals surface area contributed by atoms with E-state index in [2.05, 4.69) is 49.8 Å². The van der Waals surface area contributed by atoms with Gasteiger partial charge in [0.15, 0.2) is 0 Å². The number of aryl methyl sites for hydroxylation is 1. The lowest BCUT2D eigenvalue weighted by molar-refractivity contribution is 0.589. The van der Waals surface area contributed by atoms with E-state index in [1.807, 2.05) is 31.3 Å². The van der Waals surface area contributed by atoms with Crippen molar-refractivity contribution in [2.75, 3.05) is 36.4 Å². The van der Waals surface area contributed by atoms with Crippen molar-refractivity contribution in [1.82, 2.24) is 25.3 Å². The zero-order valence-electron chi connectivity index (χ0n) is 17.2. The first-order chi connectivity index (χ1) is 15.3. The standard InChI is InChI=1S/C23H23N7S/c1-16-21(31-22(27-16)17-3-2-9-25-15-17)20-8-10-26-23(29-20)28-18-4-6-19(7-5-18)30-13-11-24-12-14-30/h2-10,15,24H,11-14H2,1H3,(H,26,28,29). The summed E-state index contributed by atoms with van der Waals surface area (Å²) in [4.78, 5) is 21.5. The van der Waals surface area contributed by atoms with Crippen LogP contribution in [-0.2, 0) is 0 Å². The van der Waals surface area contributed by atoms with Crippen molar-refractivity contribution in [3.05, 3.63) is 66.7 Å². The molecule has 1 aliphatic rings. The van der Waals surface area contributed by atoms with Gasteiger partial charge in [-0.25, -0.2) is 15.0 Å². The Balaban J connectivity index is 1.34. The molecule has 1 fully saturated rings. The summed E-state index contributed by atoms with van der Waals surface area (Å²) in [6, 6.07) is 14.3. The largest absolute Gasteiger partial charge is 0.369 e. The van der Waals surface area contributed by atoms with E-state index in [9.17, 15) is 0 Å². The van der Waals surface area contributed by atoms with Crippen molar-refractivity contribution in [2.24, 2.45) is 0 Å². The first-order valence-corrected chi connectivity index (χ1v) is 11.1. The van der Waals surface area contributed by atoms with Crippen LogP contribution in [0.5, 0.6) is 0 Å². The van der Waals surface area contributed by atoms with Gasteiger partial charge < -0.3 is 15.5 Å². The smallest absolute Gasteiger partial charge is 0.227 e. The Hall–Kier alpha value is -3.36. The van der Waals surface area contributed by atoms with Gasteiger partial charge in [0.1, 0.15) is 5.01 Å². The van der Waals surface area contributed by atoms with E-state index in [0.717, 1.165) is 58.7 Å². The number of benzene rings is 1. The fraction of sp³-hybridized carbons (Fsp3) is 0.217. The molecule has 0 radical (unpaired) electrons. The van der Waals surface area contributed by atoms with Crippen molar-refractivity contribution >= 4 is 28.7 Å². The molecule has 1 aliphatic heterocycles. The van der Waals surface area contributed by atoms with E-state index in [1.165, 1.54) is 5.69 Å². The topological polar surface area (TPSA) is 78.9 Å². The van der Waals surface area contributed by atoms with Crippen LogP contribution in [0.4, 0.5) is 17.3 Å². The highest BCUT2D eigenvalue weighted by molar-refractivity contribution is 7.18. The number of thiazole rings is 1. The van der Waals surface area contributed by atoms with Gasteiger partial charge >= 0.3 is 0 Å². The third-order valence-corrected chi connectivity index (χ3v) is 6.43. The number of aromatic nitrogens is 4. The second kappa shape index (κ2) is 8.79. The van der Waals surface area contributed by atoms with Crippen molar-refractivity contribution < 1.29 is 0 Å². The number of hydrogen-bond acceptors (Lipinski definition) is 8. The molecule has 0 unspecified atom stereocenters. The number of anilines is 3. The van der Waals surface area contributed by atoms with E-state index in [0.29, 0.717) is 5.95 Å². The molecule has 0 atom stereocenters. The molecular formula is C23H23N7S. The molecule has 4 heterocycles. The fourth-order valence-corrected chi connectivity index (χ4v) is 4.63. The van der Waals surface area contributed by atoms with Crippen molar-refractivity contribution in [3.8, 4) is 21.1 Å². The highest BCUT2D eigenvalue weighted by atomic mass is 32.1. The highest BCUT2D eigenvalue weighted by Crippen LogP contribution is 2.34. The van der Waals surface area contributed by atoms with Gasteiger partial charge in [-0.05, 0) is 49.4 Å². The molecule has 0 spiro atoms. The molecule has 5 rings (SSSR count). The van der Waals surface area contributed by atoms with Crippen LogP contribution in [0.25, 0.3) is 21.1 Å². The summed E-state index contributed by atoms with van der Waals surface area (Å²) in [7, 11) is 0. The third-order valence-electron chi connectivity index (χ3n) is 5.20. The van der Waals surface area contributed by atoms with Crippen LogP contribution >= 0.6 is 11.3 Å². The van der Waals surface area contributed by atoms with Crippen LogP contribution in [-0.4, -0.2) is 46.1 Å². The molecule has 156 valence electrons. The van der Waals surface area contributed by atoms with Crippen LogP contribution in [0.3, 0.4) is 0 Å². The van der Waals surface area contributed by atoms with E-state index >= 15 is 0 Å². The van der Waals surface area contributed by atoms with Gasteiger partial charge in [-0.3, -0.25) is 4.98 Å². The predicted octanol–water partition coefficient (Wildman–Crippen LogP) is 4.12. The Labute approximate surface area is 185 Å². The lowest BCUT2D eigenvalue weighted by Gasteiger charge is -2.29. The average Bonchev–Trinajstić information content (AvgIpc) is 3.23. The summed E-state index contributed by atoms with van der Waals surface area (Å²) in [6.45, 7) is 6.14. The SMILES string of the molecule is Cc1nc(-c2cccnc2)sc1-c1ccnc(Nc2ccc(N3CCNCC3)cc2)n1. The summed E-state index contributed by atoms with van der Waals surface area (Å²) in [5.41, 5.74) is 5.03. The van der Waals surface area contributed by atoms with Gasteiger partial charge in [-0.2, -0.15) is 0 Å². The molecule has 0 saturated carbocycles. The van der Waals surface area contributed by atoms with Gasteiger partial charge in [-0.1, -0.05) is 0 Å². The summed E-state index contributed by atoms with van der Waals surface area (Å²) in [6.07, 6.45) is 5.38. The average molecular weight is 430 g/mol. The van der Waals surface area contributed by atoms with E-state index in [-0.39, 0.29) is 0 Å². The van der Waals surface area contributed by atoms with Crippen LogP contribution in [0.2, 0.25) is 0 Å². The predicted molar refractivity (Wildman–Crippen MR) is 126 cm³/mol. The summed E-state index contributed by atoms with van der Waals surface area (Å²) in [5.74, 6) is 0.572. The molecule has 0 aliphatic carbocycles. The molecule has 2 N–H and O–H groups in total. The minimum Gasteiger partial charge on any atom is -0.369 e. The number of piperazine rings is 1. The second-order valence-electron chi connectivity index (χ2n) is 7.35. The van der Waals surface area contributed by atoms with Crippen LogP contribution in [0.15, 0.2) is 61.1 Å². The van der Waals surface area contributed by atoms with Gasteiger partial charge in [0.05, 0.1) is 16.3 Å². The molecule has 8 heteroatoms. The molecule has 4 aromatic rings. The molecule has 0 bridgehead atoms. The zero-order valence-corrected chi connectivity index (χ0v) is 18.1. The molecule has 7 nitrogen and oxygen atoms in total. The lowest BCUT2D eigenvalue weighted by Crippen LogP contribution is -2.43. The molecule has 1 saturated heterocycles. The monoisotopic (exact) mass is 429 g/mol. The molecule has 0 amide bonds. The summed E-state index contributed by atoms with van der Waals surface area (Å²) < 4.78 is 0. The fourth-order valence-electron chi connectivity index (χ4n) is 3.60. The van der Waals surface area contributed by atoms with Crippen LogP contribution in [0.1, 0.15) is 5.69 Å². The Kier molecular flexibility index (Phi) is 5.56. The third kappa shape index (κ3) is 4.40. The summed E-state index contributed by atoms with van der Waals surface area (Å²) >= 11 is 1.62. The molecule has 1 aromatic carbocycles.